The number of cyclic esters (lactones) is 1. The standard InChI is InChI=1S/C44H71NO12/c1-10-13-31-19-25(2)18-26(3)20-37(54-8)40-38(55-9)22-28(5)44(52,57-40)41(49)42(50)45-17-12-11-14-32(45)43(51)56-39(29(6)34(47)24-35(31)48)27(4)21-30-15-16-33(46)36(23-30)53-7/h10,21,25-26,28-34,36-40,46-47,52H,1,11-20,22-24H2,2-9H3/t25?,26-,28+,29+,30-,31+,32-,33+,34-,36+,37-,38-,39+,40?,44+/m0/s1. The third kappa shape index (κ3) is 11.4. The van der Waals surface area contributed by atoms with Gasteiger partial charge in [-0.05, 0) is 101 Å². The fraction of sp³-hybridized carbons (Fsp3) is 0.818. The lowest BCUT2D eigenvalue weighted by molar-refractivity contribution is -0.302. The Morgan fingerprint density at radius 3 is 2.16 bits per heavy atom. The van der Waals surface area contributed by atoms with Gasteiger partial charge in [-0.15, -0.1) is 6.58 Å². The van der Waals surface area contributed by atoms with Gasteiger partial charge in [-0.1, -0.05) is 39.8 Å². The Morgan fingerprint density at radius 2 is 1.51 bits per heavy atom. The molecule has 3 heterocycles. The van der Waals surface area contributed by atoms with E-state index in [1.165, 1.54) is 19.1 Å². The molecule has 15 atom stereocenters. The average molecular weight is 806 g/mol. The minimum absolute atomic E-state index is 0.00291. The van der Waals surface area contributed by atoms with Crippen molar-refractivity contribution in [3.05, 3.63) is 24.3 Å². The molecular weight excluding hydrogens is 734 g/mol. The van der Waals surface area contributed by atoms with E-state index in [1.54, 1.807) is 27.0 Å². The molecule has 4 fully saturated rings. The summed E-state index contributed by atoms with van der Waals surface area (Å²) in [6, 6.07) is -1.13. The van der Waals surface area contributed by atoms with E-state index in [-0.39, 0.29) is 61.4 Å². The predicted octanol–water partition coefficient (Wildman–Crippen LogP) is 4.72. The van der Waals surface area contributed by atoms with E-state index in [2.05, 4.69) is 20.4 Å². The Kier molecular flexibility index (Phi) is 17.5. The molecule has 1 aliphatic carbocycles. The van der Waals surface area contributed by atoms with E-state index in [4.69, 9.17) is 23.7 Å². The van der Waals surface area contributed by atoms with Gasteiger partial charge >= 0.3 is 5.97 Å². The van der Waals surface area contributed by atoms with E-state index < -0.39 is 77.9 Å². The minimum atomic E-state index is -2.50. The van der Waals surface area contributed by atoms with Crippen LogP contribution < -0.4 is 0 Å². The van der Waals surface area contributed by atoms with E-state index in [0.29, 0.717) is 56.9 Å². The molecule has 57 heavy (non-hydrogen) atoms. The first-order valence-electron chi connectivity index (χ1n) is 21.2. The number of hydrogen-bond acceptors (Lipinski definition) is 12. The number of amides is 1. The van der Waals surface area contributed by atoms with Crippen LogP contribution in [-0.2, 0) is 42.9 Å². The molecule has 0 spiro atoms. The summed E-state index contributed by atoms with van der Waals surface area (Å²) in [6.45, 7) is 13.4. The zero-order valence-electron chi connectivity index (χ0n) is 35.6. The zero-order valence-corrected chi connectivity index (χ0v) is 35.6. The average Bonchev–Trinajstić information content (AvgIpc) is 3.18. The van der Waals surface area contributed by atoms with E-state index in [1.807, 2.05) is 13.0 Å². The van der Waals surface area contributed by atoms with Crippen LogP contribution in [0.25, 0.3) is 0 Å². The monoisotopic (exact) mass is 805 g/mol. The number of carbonyl (C=O) groups is 4. The number of rotatable bonds is 7. The summed E-state index contributed by atoms with van der Waals surface area (Å²) < 4.78 is 29.8. The van der Waals surface area contributed by atoms with Crippen LogP contribution in [-0.4, -0.2) is 126 Å². The van der Waals surface area contributed by atoms with Gasteiger partial charge in [-0.3, -0.25) is 14.4 Å². The van der Waals surface area contributed by atoms with Crippen LogP contribution in [0, 0.1) is 35.5 Å². The van der Waals surface area contributed by atoms with Crippen molar-refractivity contribution in [2.24, 2.45) is 35.5 Å². The number of allylic oxidation sites excluding steroid dienone is 2. The largest absolute Gasteiger partial charge is 0.456 e. The zero-order chi connectivity index (χ0) is 42.2. The number of ether oxygens (including phenoxy) is 5. The molecule has 4 rings (SSSR count). The molecule has 324 valence electrons. The fourth-order valence-electron chi connectivity index (χ4n) is 9.85. The molecular formula is C44H71NO12. The second kappa shape index (κ2) is 21.1. The number of fused-ring (bicyclic) bond motifs is 3. The third-order valence-electron chi connectivity index (χ3n) is 13.3. The van der Waals surface area contributed by atoms with Crippen LogP contribution in [0.1, 0.15) is 112 Å². The van der Waals surface area contributed by atoms with E-state index in [9.17, 15) is 34.5 Å². The van der Waals surface area contributed by atoms with Gasteiger partial charge in [-0.25, -0.2) is 4.79 Å². The highest BCUT2D eigenvalue weighted by atomic mass is 16.7. The number of hydrogen-bond donors (Lipinski definition) is 3. The number of Topliss-reactive ketones (excluding diaryl/α,β-unsaturated/α-hetero) is 2. The normalized spacial score (nSPS) is 41.5. The summed E-state index contributed by atoms with van der Waals surface area (Å²) in [5.41, 5.74) is 0.664. The number of ketones is 2. The maximum Gasteiger partial charge on any atom is 0.329 e. The van der Waals surface area contributed by atoms with Crippen LogP contribution in [0.5, 0.6) is 0 Å². The Balaban J connectivity index is 1.76. The highest BCUT2D eigenvalue weighted by molar-refractivity contribution is 6.39. The maximum absolute atomic E-state index is 14.3. The molecule has 1 amide bonds. The fourth-order valence-corrected chi connectivity index (χ4v) is 9.85. The van der Waals surface area contributed by atoms with Gasteiger partial charge in [-0.2, -0.15) is 0 Å². The molecule has 13 heteroatoms. The molecule has 1 saturated carbocycles. The van der Waals surface area contributed by atoms with Crippen molar-refractivity contribution in [1.82, 2.24) is 4.90 Å². The van der Waals surface area contributed by atoms with E-state index in [0.717, 1.165) is 6.42 Å². The van der Waals surface area contributed by atoms with E-state index >= 15 is 0 Å². The van der Waals surface area contributed by atoms with Crippen LogP contribution in [0.4, 0.5) is 0 Å². The van der Waals surface area contributed by atoms with Crippen molar-refractivity contribution in [1.29, 1.82) is 0 Å². The Morgan fingerprint density at radius 1 is 0.860 bits per heavy atom. The Bertz CT molecular complexity index is 1420. The van der Waals surface area contributed by atoms with Gasteiger partial charge in [0, 0.05) is 52.0 Å². The van der Waals surface area contributed by atoms with Crippen LogP contribution in [0.15, 0.2) is 24.3 Å². The molecule has 0 aromatic rings. The van der Waals surface area contributed by atoms with Crippen molar-refractivity contribution in [3.63, 3.8) is 0 Å². The van der Waals surface area contributed by atoms with Gasteiger partial charge in [0.25, 0.3) is 11.7 Å². The molecule has 4 aliphatic rings. The van der Waals surface area contributed by atoms with Crippen LogP contribution in [0.2, 0.25) is 0 Å². The van der Waals surface area contributed by atoms with Crippen molar-refractivity contribution < 1.29 is 58.2 Å². The van der Waals surface area contributed by atoms with Crippen molar-refractivity contribution in [3.8, 4) is 0 Å². The smallest absolute Gasteiger partial charge is 0.329 e. The number of carbonyl (C=O) groups excluding carboxylic acids is 4. The molecule has 0 aromatic carbocycles. The summed E-state index contributed by atoms with van der Waals surface area (Å²) in [6.07, 6.45) is 4.10. The lowest BCUT2D eigenvalue weighted by Crippen LogP contribution is -2.64. The number of methoxy groups -OCH3 is 3. The predicted molar refractivity (Wildman–Crippen MR) is 213 cm³/mol. The first kappa shape index (κ1) is 47.2. The molecule has 13 nitrogen and oxygen atoms in total. The number of aliphatic hydroxyl groups is 3. The highest BCUT2D eigenvalue weighted by Gasteiger charge is 2.56. The van der Waals surface area contributed by atoms with Gasteiger partial charge < -0.3 is 43.9 Å². The van der Waals surface area contributed by atoms with Crippen molar-refractivity contribution >= 4 is 23.4 Å². The van der Waals surface area contributed by atoms with Crippen molar-refractivity contribution in [2.75, 3.05) is 27.9 Å². The quantitative estimate of drug-likeness (QED) is 0.184. The SMILES string of the molecule is C=CC[C@@H]1CC(C)C[C@H](C)C[C@H](OC)C2O[C@@](O)(C(=O)C(=O)N3CCCC[C@H]3C(=O)O[C@H](C(C)=C[C@@H]3CC[C@@H](O)[C@H](OC)C3)[C@H](C)[C@@H](O)CC1=O)[C@H](C)C[C@@H]2OC. The third-order valence-corrected chi connectivity index (χ3v) is 13.3. The lowest BCUT2D eigenvalue weighted by Gasteiger charge is -2.47. The molecule has 2 bridgehead atoms. The number of nitrogens with zero attached hydrogens (tertiary/aromatic N) is 1. The number of aliphatic hydroxyl groups excluding tert-OH is 2. The summed E-state index contributed by atoms with van der Waals surface area (Å²) in [7, 11) is 4.64. The minimum Gasteiger partial charge on any atom is -0.456 e. The molecule has 3 N–H and O–H groups in total. The molecule has 0 aromatic heterocycles. The van der Waals surface area contributed by atoms with Crippen LogP contribution in [0.3, 0.4) is 0 Å². The second-order valence-corrected chi connectivity index (χ2v) is 17.7. The van der Waals surface area contributed by atoms with Gasteiger partial charge in [0.15, 0.2) is 0 Å². The molecule has 3 saturated heterocycles. The summed E-state index contributed by atoms with van der Waals surface area (Å²) in [4.78, 5) is 57.9. The first-order valence-corrected chi connectivity index (χ1v) is 21.2. The summed E-state index contributed by atoms with van der Waals surface area (Å²) in [5.74, 6) is -7.27. The highest BCUT2D eigenvalue weighted by Crippen LogP contribution is 2.39. The number of piperidine rings is 1. The molecule has 3 aliphatic heterocycles. The summed E-state index contributed by atoms with van der Waals surface area (Å²) >= 11 is 0. The van der Waals surface area contributed by atoms with Gasteiger partial charge in [0.05, 0.1) is 30.5 Å². The lowest BCUT2D eigenvalue weighted by atomic mass is 9.79. The number of esters is 1. The maximum atomic E-state index is 14.3. The Labute approximate surface area is 339 Å². The second-order valence-electron chi connectivity index (χ2n) is 17.7. The summed E-state index contributed by atoms with van der Waals surface area (Å²) in [5, 5.41) is 34.2. The van der Waals surface area contributed by atoms with Crippen LogP contribution >= 0.6 is 0 Å². The first-order chi connectivity index (χ1) is 27.0. The van der Waals surface area contributed by atoms with Gasteiger partial charge in [0.1, 0.15) is 24.0 Å². The topological polar surface area (TPSA) is 178 Å². The Hall–Kier alpha value is -2.52. The molecule has 2 unspecified atom stereocenters. The molecule has 0 radical (unpaired) electrons. The van der Waals surface area contributed by atoms with Gasteiger partial charge in [0.2, 0.25) is 5.79 Å². The van der Waals surface area contributed by atoms with Crippen molar-refractivity contribution in [2.45, 2.75) is 166 Å².